The second kappa shape index (κ2) is 4.42. The highest BCUT2D eigenvalue weighted by Gasteiger charge is 2.65. The quantitative estimate of drug-likeness (QED) is 0.561. The third kappa shape index (κ3) is 1.61. The minimum atomic E-state index is -1.48. The van der Waals surface area contributed by atoms with Crippen LogP contribution in [0.1, 0.15) is 26.7 Å². The molecule has 0 saturated heterocycles. The highest BCUT2D eigenvalue weighted by Crippen LogP contribution is 2.59. The van der Waals surface area contributed by atoms with Gasteiger partial charge in [-0.3, -0.25) is 9.59 Å². The van der Waals surface area contributed by atoms with E-state index in [2.05, 4.69) is 0 Å². The minimum absolute atomic E-state index is 0.421. The Labute approximate surface area is 112 Å². The highest BCUT2D eigenvalue weighted by molar-refractivity contribution is 5.85. The van der Waals surface area contributed by atoms with Crippen molar-refractivity contribution in [2.24, 2.45) is 17.3 Å². The molecule has 5 heteroatoms. The molecule has 0 bridgehead atoms. The largest absolute Gasteiger partial charge is 0.468 e. The molecule has 19 heavy (non-hydrogen) atoms. The molecule has 0 heterocycles. The van der Waals surface area contributed by atoms with Crippen molar-refractivity contribution >= 4 is 12.3 Å². The molecule has 0 aromatic rings. The van der Waals surface area contributed by atoms with Crippen molar-refractivity contribution in [2.45, 2.75) is 38.4 Å². The van der Waals surface area contributed by atoms with Crippen LogP contribution in [0.25, 0.3) is 0 Å². The zero-order valence-corrected chi connectivity index (χ0v) is 11.4. The van der Waals surface area contributed by atoms with Crippen LogP contribution < -0.4 is 0 Å². The zero-order chi connectivity index (χ0) is 14.4. The topological polar surface area (TPSA) is 83.8 Å². The Morgan fingerprint density at radius 2 is 2.21 bits per heavy atom. The third-order valence-electron chi connectivity index (χ3n) is 5.13. The Hall–Kier alpha value is -1.20. The van der Waals surface area contributed by atoms with Gasteiger partial charge < -0.3 is 14.9 Å². The van der Waals surface area contributed by atoms with Crippen LogP contribution in [0, 0.1) is 17.3 Å². The van der Waals surface area contributed by atoms with Gasteiger partial charge in [0, 0.05) is 11.3 Å². The number of esters is 1. The van der Waals surface area contributed by atoms with Crippen molar-refractivity contribution in [1.82, 2.24) is 0 Å². The van der Waals surface area contributed by atoms with Crippen molar-refractivity contribution in [1.29, 1.82) is 0 Å². The molecule has 2 rings (SSSR count). The SMILES string of the molecule is COC(=O)[C@@H]1C=C(C=O)[C@]2(C)CC[C@H](O)[C@@H](C)[C@]12O. The van der Waals surface area contributed by atoms with Crippen molar-refractivity contribution in [3.8, 4) is 0 Å². The molecule has 2 aliphatic rings. The summed E-state index contributed by atoms with van der Waals surface area (Å²) in [5, 5.41) is 21.1. The molecule has 0 aliphatic heterocycles. The Bertz CT molecular complexity index is 443. The molecule has 1 fully saturated rings. The monoisotopic (exact) mass is 268 g/mol. The summed E-state index contributed by atoms with van der Waals surface area (Å²) >= 11 is 0. The number of carbonyl (C=O) groups excluding carboxylic acids is 2. The summed E-state index contributed by atoms with van der Waals surface area (Å²) in [6.07, 6.45) is 2.46. The highest BCUT2D eigenvalue weighted by atomic mass is 16.5. The van der Waals surface area contributed by atoms with Crippen LogP contribution in [-0.4, -0.2) is 41.3 Å². The number of fused-ring (bicyclic) bond motifs is 1. The summed E-state index contributed by atoms with van der Waals surface area (Å²) in [6, 6.07) is 0. The summed E-state index contributed by atoms with van der Waals surface area (Å²) in [5.41, 5.74) is -1.87. The second-order valence-corrected chi connectivity index (χ2v) is 5.79. The molecule has 5 atom stereocenters. The zero-order valence-electron chi connectivity index (χ0n) is 11.4. The molecule has 0 spiro atoms. The average molecular weight is 268 g/mol. The van der Waals surface area contributed by atoms with Gasteiger partial charge >= 0.3 is 5.97 Å². The Morgan fingerprint density at radius 1 is 1.58 bits per heavy atom. The molecule has 5 nitrogen and oxygen atoms in total. The number of rotatable bonds is 2. The van der Waals surface area contributed by atoms with E-state index in [4.69, 9.17) is 4.74 Å². The predicted molar refractivity (Wildman–Crippen MR) is 67.1 cm³/mol. The van der Waals surface area contributed by atoms with Gasteiger partial charge in [-0.15, -0.1) is 0 Å². The third-order valence-corrected chi connectivity index (χ3v) is 5.13. The molecule has 0 aromatic heterocycles. The van der Waals surface area contributed by atoms with E-state index in [1.807, 2.05) is 0 Å². The lowest BCUT2D eigenvalue weighted by molar-refractivity contribution is -0.190. The van der Waals surface area contributed by atoms with Crippen LogP contribution in [0.5, 0.6) is 0 Å². The van der Waals surface area contributed by atoms with Crippen molar-refractivity contribution in [2.75, 3.05) is 7.11 Å². The number of ether oxygens (including phenoxy) is 1. The maximum atomic E-state index is 11.9. The van der Waals surface area contributed by atoms with E-state index < -0.39 is 34.9 Å². The van der Waals surface area contributed by atoms with Crippen molar-refractivity contribution in [3.63, 3.8) is 0 Å². The molecule has 0 unspecified atom stereocenters. The molecule has 1 saturated carbocycles. The van der Waals surface area contributed by atoms with Crippen molar-refractivity contribution < 1.29 is 24.5 Å². The van der Waals surface area contributed by atoms with Gasteiger partial charge in [0.2, 0.25) is 0 Å². The molecule has 0 amide bonds. The van der Waals surface area contributed by atoms with E-state index in [0.29, 0.717) is 24.7 Å². The minimum Gasteiger partial charge on any atom is -0.468 e. The molecule has 0 aromatic carbocycles. The van der Waals surface area contributed by atoms with E-state index in [-0.39, 0.29) is 0 Å². The average Bonchev–Trinajstić information content (AvgIpc) is 2.64. The van der Waals surface area contributed by atoms with Crippen LogP contribution in [-0.2, 0) is 14.3 Å². The van der Waals surface area contributed by atoms with Gasteiger partial charge in [0.15, 0.2) is 0 Å². The number of aliphatic hydroxyl groups excluding tert-OH is 1. The Morgan fingerprint density at radius 3 is 2.74 bits per heavy atom. The lowest BCUT2D eigenvalue weighted by Gasteiger charge is -2.52. The Kier molecular flexibility index (Phi) is 3.31. The fourth-order valence-corrected chi connectivity index (χ4v) is 3.72. The Balaban J connectivity index is 2.55. The number of aldehydes is 1. The van der Waals surface area contributed by atoms with Gasteiger partial charge in [-0.2, -0.15) is 0 Å². The van der Waals surface area contributed by atoms with Gasteiger partial charge in [0.1, 0.15) is 12.2 Å². The molecular weight excluding hydrogens is 248 g/mol. The predicted octanol–water partition coefficient (Wildman–Crippen LogP) is 0.443. The fraction of sp³-hybridized carbons (Fsp3) is 0.714. The molecule has 2 N–H and O–H groups in total. The van der Waals surface area contributed by atoms with Crippen molar-refractivity contribution in [3.05, 3.63) is 11.6 Å². The van der Waals surface area contributed by atoms with E-state index in [9.17, 15) is 19.8 Å². The first-order valence-corrected chi connectivity index (χ1v) is 6.48. The molecule has 2 aliphatic carbocycles. The second-order valence-electron chi connectivity index (χ2n) is 5.79. The van der Waals surface area contributed by atoms with E-state index in [1.165, 1.54) is 13.2 Å². The first-order chi connectivity index (χ1) is 8.82. The normalized spacial score (nSPS) is 45.3. The van der Waals surface area contributed by atoms with Gasteiger partial charge in [-0.1, -0.05) is 19.9 Å². The van der Waals surface area contributed by atoms with Crippen LogP contribution in [0.15, 0.2) is 11.6 Å². The summed E-state index contributed by atoms with van der Waals surface area (Å²) in [7, 11) is 1.25. The first-order valence-electron chi connectivity index (χ1n) is 6.48. The van der Waals surface area contributed by atoms with Crippen LogP contribution in [0.3, 0.4) is 0 Å². The van der Waals surface area contributed by atoms with Gasteiger partial charge in [0.05, 0.1) is 18.8 Å². The maximum absolute atomic E-state index is 11.9. The standard InChI is InChI=1S/C14H20O5/c1-8-11(16)4-5-13(2)9(7-15)6-10(12(17)19-3)14(8,13)18/h6-8,10-11,16,18H,4-5H2,1-3H3/t8-,10+,11+,13+,14+/m1/s1. The van der Waals surface area contributed by atoms with Gasteiger partial charge in [-0.25, -0.2) is 0 Å². The van der Waals surface area contributed by atoms with Crippen LogP contribution in [0.4, 0.5) is 0 Å². The lowest BCUT2D eigenvalue weighted by atomic mass is 9.56. The van der Waals surface area contributed by atoms with Crippen LogP contribution >= 0.6 is 0 Å². The molecular formula is C14H20O5. The van der Waals surface area contributed by atoms with E-state index in [1.54, 1.807) is 13.8 Å². The number of hydrogen-bond donors (Lipinski definition) is 2. The van der Waals surface area contributed by atoms with Crippen LogP contribution in [0.2, 0.25) is 0 Å². The lowest BCUT2D eigenvalue weighted by Crippen LogP contribution is -2.61. The number of carbonyl (C=O) groups is 2. The van der Waals surface area contributed by atoms with Gasteiger partial charge in [0.25, 0.3) is 0 Å². The number of aliphatic hydroxyl groups is 2. The fourth-order valence-electron chi connectivity index (χ4n) is 3.72. The smallest absolute Gasteiger partial charge is 0.315 e. The van der Waals surface area contributed by atoms with E-state index in [0.717, 1.165) is 0 Å². The molecule has 0 radical (unpaired) electrons. The number of hydrogen-bond acceptors (Lipinski definition) is 5. The van der Waals surface area contributed by atoms with Gasteiger partial charge in [-0.05, 0) is 18.4 Å². The summed E-state index contributed by atoms with van der Waals surface area (Å²) in [5.74, 6) is -2.00. The first kappa shape index (κ1) is 14.2. The summed E-state index contributed by atoms with van der Waals surface area (Å²) < 4.78 is 4.73. The summed E-state index contributed by atoms with van der Waals surface area (Å²) in [4.78, 5) is 23.2. The summed E-state index contributed by atoms with van der Waals surface area (Å²) in [6.45, 7) is 3.48. The number of methoxy groups -OCH3 is 1. The van der Waals surface area contributed by atoms with E-state index >= 15 is 0 Å². The molecule has 106 valence electrons. The maximum Gasteiger partial charge on any atom is 0.315 e.